The minimum Gasteiger partial charge on any atom is -0.368 e. The lowest BCUT2D eigenvalue weighted by atomic mass is 10.2. The van der Waals surface area contributed by atoms with E-state index < -0.39 is 0 Å². The van der Waals surface area contributed by atoms with Crippen molar-refractivity contribution in [2.45, 2.75) is 24.0 Å². The average Bonchev–Trinajstić information content (AvgIpc) is 3.38. The number of aromatic nitrogens is 4. The van der Waals surface area contributed by atoms with Gasteiger partial charge in [0.2, 0.25) is 11.1 Å². The molecule has 1 amide bonds. The fraction of sp³-hybridized carbons (Fsp3) is 0.500. The maximum atomic E-state index is 12.5. The van der Waals surface area contributed by atoms with E-state index in [1.807, 2.05) is 27.8 Å². The van der Waals surface area contributed by atoms with Crippen molar-refractivity contribution >= 4 is 35.0 Å². The van der Waals surface area contributed by atoms with Crippen molar-refractivity contribution in [3.05, 3.63) is 29.3 Å². The molecular weight excluding hydrogens is 360 g/mol. The van der Waals surface area contributed by atoms with Gasteiger partial charge < -0.3 is 9.80 Å². The van der Waals surface area contributed by atoms with Crippen LogP contribution in [0.2, 0.25) is 5.02 Å². The fourth-order valence-corrected chi connectivity index (χ4v) is 3.96. The molecule has 0 spiro atoms. The summed E-state index contributed by atoms with van der Waals surface area (Å²) < 4.78 is 1.84. The van der Waals surface area contributed by atoms with Gasteiger partial charge in [-0.25, -0.2) is 4.68 Å². The summed E-state index contributed by atoms with van der Waals surface area (Å²) in [7, 11) is 0. The Bertz CT molecular complexity index is 757. The molecule has 0 atom stereocenters. The number of benzene rings is 1. The van der Waals surface area contributed by atoms with E-state index in [-0.39, 0.29) is 5.91 Å². The first kappa shape index (κ1) is 16.7. The van der Waals surface area contributed by atoms with E-state index in [4.69, 9.17) is 11.6 Å². The Balaban J connectivity index is 1.28. The number of piperazine rings is 1. The molecule has 2 aliphatic rings. The molecule has 4 rings (SSSR count). The highest BCUT2D eigenvalue weighted by atomic mass is 35.5. The molecule has 0 bridgehead atoms. The van der Waals surface area contributed by atoms with Crippen molar-refractivity contribution in [1.29, 1.82) is 0 Å². The van der Waals surface area contributed by atoms with Crippen molar-refractivity contribution in [3.8, 4) is 0 Å². The summed E-state index contributed by atoms with van der Waals surface area (Å²) in [5, 5.41) is 13.2. The quantitative estimate of drug-likeness (QED) is 0.742. The molecule has 1 aliphatic heterocycles. The van der Waals surface area contributed by atoms with Gasteiger partial charge >= 0.3 is 0 Å². The lowest BCUT2D eigenvalue weighted by Crippen LogP contribution is -2.49. The lowest BCUT2D eigenvalue weighted by molar-refractivity contribution is -0.128. The summed E-state index contributed by atoms with van der Waals surface area (Å²) in [4.78, 5) is 16.7. The summed E-state index contributed by atoms with van der Waals surface area (Å²) in [5.41, 5.74) is 1.11. The second kappa shape index (κ2) is 7.21. The number of nitrogens with zero attached hydrogens (tertiary/aromatic N) is 6. The van der Waals surface area contributed by atoms with E-state index in [1.54, 1.807) is 0 Å². The summed E-state index contributed by atoms with van der Waals surface area (Å²) >= 11 is 7.49. The third-order valence-electron chi connectivity index (χ3n) is 4.49. The molecule has 0 unspecified atom stereocenters. The standard InChI is InChI=1S/C16H19ClN6OS/c17-12-2-1-3-14(10-12)21-6-8-22(9-7-21)15(24)11-25-16-18-19-20-23(16)13-4-5-13/h1-3,10,13H,4-9,11H2. The fourth-order valence-electron chi connectivity index (χ4n) is 2.93. The second-order valence-corrected chi connectivity index (χ2v) is 7.65. The van der Waals surface area contributed by atoms with Gasteiger partial charge in [-0.2, -0.15) is 0 Å². The number of tetrazole rings is 1. The average molecular weight is 379 g/mol. The molecule has 1 aromatic heterocycles. The highest BCUT2D eigenvalue weighted by Crippen LogP contribution is 2.36. The third kappa shape index (κ3) is 3.90. The van der Waals surface area contributed by atoms with Gasteiger partial charge in [-0.05, 0) is 41.5 Å². The first-order chi connectivity index (χ1) is 12.2. The molecule has 1 aromatic carbocycles. The molecule has 9 heteroatoms. The predicted octanol–water partition coefficient (Wildman–Crippen LogP) is 2.10. The van der Waals surface area contributed by atoms with Crippen LogP contribution in [0.4, 0.5) is 5.69 Å². The Morgan fingerprint density at radius 2 is 2.04 bits per heavy atom. The van der Waals surface area contributed by atoms with E-state index in [1.165, 1.54) is 11.8 Å². The summed E-state index contributed by atoms with van der Waals surface area (Å²) in [5.74, 6) is 0.519. The molecular formula is C16H19ClN6OS. The number of carbonyl (C=O) groups excluding carboxylic acids is 1. The Kier molecular flexibility index (Phi) is 4.80. The maximum Gasteiger partial charge on any atom is 0.233 e. The van der Waals surface area contributed by atoms with E-state index in [0.717, 1.165) is 54.9 Å². The van der Waals surface area contributed by atoms with Gasteiger partial charge in [0.05, 0.1) is 11.8 Å². The highest BCUT2D eigenvalue weighted by molar-refractivity contribution is 7.99. The zero-order valence-electron chi connectivity index (χ0n) is 13.7. The van der Waals surface area contributed by atoms with Gasteiger partial charge in [-0.15, -0.1) is 5.10 Å². The molecule has 7 nitrogen and oxygen atoms in total. The van der Waals surface area contributed by atoms with Crippen LogP contribution in [0, 0.1) is 0 Å². The minimum absolute atomic E-state index is 0.140. The van der Waals surface area contributed by atoms with Crippen LogP contribution in [0.1, 0.15) is 18.9 Å². The second-order valence-electron chi connectivity index (χ2n) is 6.27. The largest absolute Gasteiger partial charge is 0.368 e. The van der Waals surface area contributed by atoms with Gasteiger partial charge in [-0.3, -0.25) is 4.79 Å². The van der Waals surface area contributed by atoms with Crippen molar-refractivity contribution in [2.24, 2.45) is 0 Å². The number of hydrogen-bond acceptors (Lipinski definition) is 6. The van der Waals surface area contributed by atoms with Crippen LogP contribution in [0.3, 0.4) is 0 Å². The number of thioether (sulfide) groups is 1. The Morgan fingerprint density at radius 1 is 1.24 bits per heavy atom. The summed E-state index contributed by atoms with van der Waals surface area (Å²) in [6, 6.07) is 8.27. The Labute approximate surface area is 155 Å². The zero-order chi connectivity index (χ0) is 17.2. The molecule has 132 valence electrons. The lowest BCUT2D eigenvalue weighted by Gasteiger charge is -2.36. The van der Waals surface area contributed by atoms with E-state index in [9.17, 15) is 4.79 Å². The summed E-state index contributed by atoms with van der Waals surface area (Å²) in [6.45, 7) is 3.08. The van der Waals surface area contributed by atoms with Crippen LogP contribution in [0.5, 0.6) is 0 Å². The number of anilines is 1. The van der Waals surface area contributed by atoms with Crippen molar-refractivity contribution in [1.82, 2.24) is 25.1 Å². The first-order valence-electron chi connectivity index (χ1n) is 8.39. The minimum atomic E-state index is 0.140. The van der Waals surface area contributed by atoms with Crippen LogP contribution in [0.15, 0.2) is 29.4 Å². The maximum absolute atomic E-state index is 12.5. The number of carbonyl (C=O) groups is 1. The molecule has 2 fully saturated rings. The molecule has 1 aliphatic carbocycles. The number of rotatable bonds is 5. The van der Waals surface area contributed by atoms with E-state index in [0.29, 0.717) is 11.8 Å². The Morgan fingerprint density at radius 3 is 2.76 bits per heavy atom. The third-order valence-corrected chi connectivity index (χ3v) is 5.64. The van der Waals surface area contributed by atoms with Crippen LogP contribution >= 0.6 is 23.4 Å². The van der Waals surface area contributed by atoms with Crippen molar-refractivity contribution in [3.63, 3.8) is 0 Å². The zero-order valence-corrected chi connectivity index (χ0v) is 15.3. The smallest absolute Gasteiger partial charge is 0.233 e. The molecule has 2 aromatic rings. The number of hydrogen-bond donors (Lipinski definition) is 0. The molecule has 1 saturated carbocycles. The number of halogens is 1. The van der Waals surface area contributed by atoms with E-state index >= 15 is 0 Å². The molecule has 2 heterocycles. The molecule has 1 saturated heterocycles. The van der Waals surface area contributed by atoms with Crippen molar-refractivity contribution in [2.75, 3.05) is 36.8 Å². The van der Waals surface area contributed by atoms with Crippen LogP contribution in [-0.4, -0.2) is 62.9 Å². The summed E-state index contributed by atoms with van der Waals surface area (Å²) in [6.07, 6.45) is 2.25. The van der Waals surface area contributed by atoms with Gasteiger partial charge in [-0.1, -0.05) is 29.4 Å². The Hall–Kier alpha value is -1.80. The molecule has 0 radical (unpaired) electrons. The first-order valence-corrected chi connectivity index (χ1v) is 9.76. The van der Waals surface area contributed by atoms with Gasteiger partial charge in [0.1, 0.15) is 0 Å². The van der Waals surface area contributed by atoms with Crippen molar-refractivity contribution < 1.29 is 4.79 Å². The number of amides is 1. The molecule has 0 N–H and O–H groups in total. The van der Waals surface area contributed by atoms with Crippen LogP contribution in [-0.2, 0) is 4.79 Å². The van der Waals surface area contributed by atoms with Crippen LogP contribution in [0.25, 0.3) is 0 Å². The monoisotopic (exact) mass is 378 g/mol. The van der Waals surface area contributed by atoms with Gasteiger partial charge in [0.25, 0.3) is 0 Å². The van der Waals surface area contributed by atoms with E-state index in [2.05, 4.69) is 26.5 Å². The topological polar surface area (TPSA) is 67.2 Å². The normalized spacial score (nSPS) is 17.8. The van der Waals surface area contributed by atoms with Gasteiger partial charge in [0, 0.05) is 36.9 Å². The SMILES string of the molecule is O=C(CSc1nnnn1C1CC1)N1CCN(c2cccc(Cl)c2)CC1. The predicted molar refractivity (Wildman–Crippen MR) is 97.1 cm³/mol. The van der Waals surface area contributed by atoms with Crippen LogP contribution < -0.4 is 4.90 Å². The molecule has 25 heavy (non-hydrogen) atoms. The van der Waals surface area contributed by atoms with Gasteiger partial charge in [0.15, 0.2) is 0 Å². The highest BCUT2D eigenvalue weighted by Gasteiger charge is 2.28.